The maximum absolute atomic E-state index is 11.2. The molecule has 6 nitrogen and oxygen atoms in total. The third-order valence-corrected chi connectivity index (χ3v) is 2.63. The zero-order valence-corrected chi connectivity index (χ0v) is 9.72. The fourth-order valence-electron chi connectivity index (χ4n) is 0.743. The molecule has 15 heavy (non-hydrogen) atoms. The number of carboxylic acids is 1. The quantitative estimate of drug-likeness (QED) is 0.665. The molecule has 0 spiro atoms. The lowest BCUT2D eigenvalue weighted by atomic mass is 10.1. The van der Waals surface area contributed by atoms with Gasteiger partial charge in [0.05, 0.1) is 5.75 Å². The molecule has 0 saturated carbocycles. The summed E-state index contributed by atoms with van der Waals surface area (Å²) < 4.78 is 21.5. The molecule has 0 bridgehead atoms. The molecule has 0 aromatic heterocycles. The van der Waals surface area contributed by atoms with Gasteiger partial charge in [0.15, 0.2) is 0 Å². The van der Waals surface area contributed by atoms with Crippen LogP contribution in [0.5, 0.6) is 0 Å². The van der Waals surface area contributed by atoms with E-state index in [1.807, 2.05) is 0 Å². The number of amides is 1. The summed E-state index contributed by atoms with van der Waals surface area (Å²) in [5.74, 6) is -2.04. The first-order valence-electron chi connectivity index (χ1n) is 4.27. The van der Waals surface area contributed by atoms with Crippen LogP contribution in [0.4, 0.5) is 0 Å². The molecule has 1 amide bonds. The zero-order valence-electron chi connectivity index (χ0n) is 8.90. The van der Waals surface area contributed by atoms with Crippen molar-refractivity contribution in [1.29, 1.82) is 0 Å². The zero-order chi connectivity index (χ0) is 12.3. The van der Waals surface area contributed by atoms with E-state index in [1.54, 1.807) is 0 Å². The van der Waals surface area contributed by atoms with Crippen molar-refractivity contribution in [2.24, 2.45) is 0 Å². The van der Waals surface area contributed by atoms with Crippen LogP contribution >= 0.6 is 0 Å². The first-order valence-corrected chi connectivity index (χ1v) is 6.33. The number of sulfone groups is 1. The second-order valence-electron chi connectivity index (χ2n) is 3.86. The van der Waals surface area contributed by atoms with E-state index in [-0.39, 0.29) is 12.2 Å². The molecule has 7 heteroatoms. The van der Waals surface area contributed by atoms with Gasteiger partial charge in [-0.1, -0.05) is 0 Å². The van der Waals surface area contributed by atoms with E-state index in [4.69, 9.17) is 5.11 Å². The maximum Gasteiger partial charge on any atom is 0.328 e. The molecule has 0 atom stereocenters. The molecular weight excluding hydrogens is 222 g/mol. The summed E-state index contributed by atoms with van der Waals surface area (Å²) in [7, 11) is -3.20. The summed E-state index contributed by atoms with van der Waals surface area (Å²) in [6.45, 7) is 2.65. The Morgan fingerprint density at radius 3 is 2.13 bits per heavy atom. The van der Waals surface area contributed by atoms with Gasteiger partial charge in [0.25, 0.3) is 0 Å². The summed E-state index contributed by atoms with van der Waals surface area (Å²) >= 11 is 0. The molecule has 0 aromatic carbocycles. The molecule has 0 aliphatic heterocycles. The average molecular weight is 237 g/mol. The Balaban J connectivity index is 4.23. The first-order chi connectivity index (χ1) is 6.54. The number of aliphatic carboxylic acids is 1. The average Bonchev–Trinajstić information content (AvgIpc) is 1.98. The Kier molecular flexibility index (Phi) is 4.27. The van der Waals surface area contributed by atoms with E-state index in [2.05, 4.69) is 5.32 Å². The molecule has 0 aliphatic rings. The molecule has 88 valence electrons. The highest BCUT2D eigenvalue weighted by Gasteiger charge is 2.28. The van der Waals surface area contributed by atoms with Gasteiger partial charge in [0, 0.05) is 12.7 Å². The maximum atomic E-state index is 11.2. The van der Waals surface area contributed by atoms with Gasteiger partial charge in [-0.2, -0.15) is 0 Å². The minimum absolute atomic E-state index is 0.227. The third-order valence-electron chi connectivity index (χ3n) is 1.69. The number of carboxylic acid groups (broad SMARTS) is 1. The lowest BCUT2D eigenvalue weighted by molar-refractivity contribution is -0.145. The second-order valence-corrected chi connectivity index (χ2v) is 6.12. The van der Waals surface area contributed by atoms with E-state index in [9.17, 15) is 18.0 Å². The van der Waals surface area contributed by atoms with E-state index in [0.717, 1.165) is 6.26 Å². The number of hydrogen-bond acceptors (Lipinski definition) is 4. The Morgan fingerprint density at radius 1 is 1.33 bits per heavy atom. The van der Waals surface area contributed by atoms with Gasteiger partial charge >= 0.3 is 5.97 Å². The summed E-state index contributed by atoms with van der Waals surface area (Å²) in [6, 6.07) is 0. The summed E-state index contributed by atoms with van der Waals surface area (Å²) in [5.41, 5.74) is -1.38. The van der Waals surface area contributed by atoms with Gasteiger partial charge in [-0.3, -0.25) is 4.79 Å². The molecule has 2 N–H and O–H groups in total. The number of rotatable bonds is 5. The van der Waals surface area contributed by atoms with Crippen LogP contribution in [-0.2, 0) is 19.4 Å². The molecular formula is C8H15NO5S. The van der Waals surface area contributed by atoms with E-state index < -0.39 is 27.3 Å². The molecule has 0 unspecified atom stereocenters. The van der Waals surface area contributed by atoms with Crippen molar-refractivity contribution in [2.45, 2.75) is 25.8 Å². The van der Waals surface area contributed by atoms with Gasteiger partial charge in [-0.05, 0) is 13.8 Å². The van der Waals surface area contributed by atoms with Gasteiger partial charge < -0.3 is 10.4 Å². The summed E-state index contributed by atoms with van der Waals surface area (Å²) in [6.07, 6.45) is 0.790. The SMILES string of the molecule is CC(C)(NC(=O)CCS(C)(=O)=O)C(=O)O. The van der Waals surface area contributed by atoms with Crippen LogP contribution < -0.4 is 5.32 Å². The van der Waals surface area contributed by atoms with Crippen LogP contribution in [0, 0.1) is 0 Å². The van der Waals surface area contributed by atoms with Crippen LogP contribution in [0.1, 0.15) is 20.3 Å². The number of carbonyl (C=O) groups excluding carboxylic acids is 1. The van der Waals surface area contributed by atoms with Crippen molar-refractivity contribution in [3.63, 3.8) is 0 Å². The smallest absolute Gasteiger partial charge is 0.328 e. The van der Waals surface area contributed by atoms with Crippen molar-refractivity contribution >= 4 is 21.7 Å². The van der Waals surface area contributed by atoms with Crippen LogP contribution in [-0.4, -0.2) is 42.9 Å². The van der Waals surface area contributed by atoms with Crippen LogP contribution in [0.2, 0.25) is 0 Å². The highest BCUT2D eigenvalue weighted by molar-refractivity contribution is 7.90. The lowest BCUT2D eigenvalue weighted by Crippen LogP contribution is -2.49. The van der Waals surface area contributed by atoms with E-state index in [1.165, 1.54) is 13.8 Å². The normalized spacial score (nSPS) is 12.2. The van der Waals surface area contributed by atoms with Crippen molar-refractivity contribution in [3.8, 4) is 0 Å². The van der Waals surface area contributed by atoms with Crippen LogP contribution in [0.15, 0.2) is 0 Å². The van der Waals surface area contributed by atoms with Gasteiger partial charge in [0.2, 0.25) is 5.91 Å². The monoisotopic (exact) mass is 237 g/mol. The number of hydrogen-bond donors (Lipinski definition) is 2. The number of carbonyl (C=O) groups is 2. The topological polar surface area (TPSA) is 101 Å². The minimum Gasteiger partial charge on any atom is -0.480 e. The van der Waals surface area contributed by atoms with E-state index >= 15 is 0 Å². The largest absolute Gasteiger partial charge is 0.480 e. The Labute approximate surface area is 88.6 Å². The minimum atomic E-state index is -3.20. The molecule has 0 aromatic rings. The molecule has 0 fully saturated rings. The first kappa shape index (κ1) is 13.9. The van der Waals surface area contributed by atoms with Crippen LogP contribution in [0.3, 0.4) is 0 Å². The molecule has 0 heterocycles. The van der Waals surface area contributed by atoms with Crippen molar-refractivity contribution < 1.29 is 23.1 Å². The van der Waals surface area contributed by atoms with Crippen LogP contribution in [0.25, 0.3) is 0 Å². The summed E-state index contributed by atoms with van der Waals surface area (Å²) in [5, 5.41) is 10.9. The molecule has 0 saturated heterocycles. The summed E-state index contributed by atoms with van der Waals surface area (Å²) in [4.78, 5) is 21.8. The lowest BCUT2D eigenvalue weighted by Gasteiger charge is -2.20. The fourth-order valence-corrected chi connectivity index (χ4v) is 1.30. The third kappa shape index (κ3) is 6.05. The van der Waals surface area contributed by atoms with Gasteiger partial charge in [-0.15, -0.1) is 0 Å². The Hall–Kier alpha value is -1.11. The highest BCUT2D eigenvalue weighted by atomic mass is 32.2. The second kappa shape index (κ2) is 4.61. The number of nitrogens with one attached hydrogen (secondary N) is 1. The predicted octanol–water partition coefficient (Wildman–Crippen LogP) is -0.599. The van der Waals surface area contributed by atoms with Crippen molar-refractivity contribution in [1.82, 2.24) is 5.32 Å². The molecule has 0 aliphatic carbocycles. The fraction of sp³-hybridized carbons (Fsp3) is 0.750. The Bertz CT molecular complexity index is 357. The highest BCUT2D eigenvalue weighted by Crippen LogP contribution is 2.02. The van der Waals surface area contributed by atoms with Gasteiger partial charge in [-0.25, -0.2) is 13.2 Å². The molecule has 0 radical (unpaired) electrons. The van der Waals surface area contributed by atoms with E-state index in [0.29, 0.717) is 0 Å². The Morgan fingerprint density at radius 2 is 1.80 bits per heavy atom. The van der Waals surface area contributed by atoms with Gasteiger partial charge in [0.1, 0.15) is 15.4 Å². The predicted molar refractivity (Wildman–Crippen MR) is 54.2 cm³/mol. The molecule has 0 rings (SSSR count). The van der Waals surface area contributed by atoms with Crippen molar-refractivity contribution in [2.75, 3.05) is 12.0 Å². The van der Waals surface area contributed by atoms with Crippen molar-refractivity contribution in [3.05, 3.63) is 0 Å². The standard InChI is InChI=1S/C8H15NO5S/c1-8(2,7(11)12)9-6(10)4-5-15(3,13)14/h4-5H2,1-3H3,(H,9,10)(H,11,12).